The molecule has 0 unspecified atom stereocenters. The molecule has 0 amide bonds. The Hall–Kier alpha value is -3.07. The van der Waals surface area contributed by atoms with Crippen molar-refractivity contribution in [3.05, 3.63) is 77.4 Å². The fourth-order valence-electron chi connectivity index (χ4n) is 4.59. The average molecular weight is 397 g/mol. The predicted octanol–water partition coefficient (Wildman–Crippen LogP) is 7.10. The van der Waals surface area contributed by atoms with E-state index in [-0.39, 0.29) is 0 Å². The number of amidine groups is 1. The number of aliphatic imine (C=N–C) groups is 1. The van der Waals surface area contributed by atoms with Crippen molar-refractivity contribution < 1.29 is 4.42 Å². The van der Waals surface area contributed by atoms with E-state index in [0.29, 0.717) is 11.8 Å². The number of para-hydroxylation sites is 1. The molecule has 0 spiro atoms. The van der Waals surface area contributed by atoms with Crippen molar-refractivity contribution in [2.45, 2.75) is 39.5 Å². The monoisotopic (exact) mass is 396 g/mol. The van der Waals surface area contributed by atoms with Crippen molar-refractivity contribution in [3.63, 3.8) is 0 Å². The number of fused-ring (bicyclic) bond motifs is 3. The molecule has 0 fully saturated rings. The molecule has 5 rings (SSSR count). The molecule has 0 N–H and O–H groups in total. The molecule has 0 saturated carbocycles. The van der Waals surface area contributed by atoms with Crippen molar-refractivity contribution in [1.82, 2.24) is 0 Å². The third-order valence-corrected chi connectivity index (χ3v) is 6.07. The van der Waals surface area contributed by atoms with Crippen LogP contribution in [0.25, 0.3) is 21.9 Å². The molecule has 0 bridgehead atoms. The Labute approximate surface area is 178 Å². The van der Waals surface area contributed by atoms with Gasteiger partial charge in [0.25, 0.3) is 0 Å². The topological polar surface area (TPSA) is 28.7 Å². The van der Waals surface area contributed by atoms with E-state index in [2.05, 4.69) is 93.3 Å². The van der Waals surface area contributed by atoms with Crippen molar-refractivity contribution in [2.75, 3.05) is 18.0 Å². The second kappa shape index (κ2) is 7.32. The summed E-state index contributed by atoms with van der Waals surface area (Å²) in [5.74, 6) is 1.84. The molecule has 0 atom stereocenters. The van der Waals surface area contributed by atoms with Gasteiger partial charge in [0.05, 0.1) is 17.6 Å². The number of hydrogen-bond acceptors (Lipinski definition) is 3. The van der Waals surface area contributed by atoms with Crippen LogP contribution in [0.3, 0.4) is 0 Å². The Kier molecular flexibility index (Phi) is 4.62. The smallest absolute Gasteiger partial charge is 0.140 e. The molecule has 152 valence electrons. The first-order chi connectivity index (χ1) is 14.6. The molecule has 0 aliphatic carbocycles. The van der Waals surface area contributed by atoms with E-state index < -0.39 is 0 Å². The molecule has 4 aromatic rings. The first-order valence-electron chi connectivity index (χ1n) is 10.9. The maximum atomic E-state index is 6.45. The molecule has 1 aliphatic rings. The third-order valence-electron chi connectivity index (χ3n) is 6.07. The number of anilines is 1. The van der Waals surface area contributed by atoms with Gasteiger partial charge in [-0.15, -0.1) is 0 Å². The minimum atomic E-state index is 0.389. The third kappa shape index (κ3) is 2.92. The molecule has 3 nitrogen and oxygen atoms in total. The van der Waals surface area contributed by atoms with Crippen LogP contribution in [0.2, 0.25) is 0 Å². The van der Waals surface area contributed by atoms with E-state index in [1.54, 1.807) is 0 Å². The van der Waals surface area contributed by atoms with Crippen LogP contribution < -0.4 is 4.90 Å². The lowest BCUT2D eigenvalue weighted by Gasteiger charge is -2.27. The standard InChI is InChI=1S/C27H28N2O/c1-17(2)21-16-22(18(3)4)26-24(20-12-8-9-13-23(20)30-26)25(21)29-15-14-28-27(29)19-10-6-5-7-11-19/h5-13,16-18H,14-15H2,1-4H3. The van der Waals surface area contributed by atoms with E-state index in [1.165, 1.54) is 33.2 Å². The largest absolute Gasteiger partial charge is 0.456 e. The van der Waals surface area contributed by atoms with Crippen LogP contribution in [0.4, 0.5) is 5.69 Å². The maximum Gasteiger partial charge on any atom is 0.140 e. The van der Waals surface area contributed by atoms with Gasteiger partial charge in [-0.3, -0.25) is 4.99 Å². The molecular weight excluding hydrogens is 368 g/mol. The van der Waals surface area contributed by atoms with Gasteiger partial charge in [-0.2, -0.15) is 0 Å². The number of furan rings is 1. The summed E-state index contributed by atoms with van der Waals surface area (Å²) in [5, 5.41) is 2.41. The van der Waals surface area contributed by atoms with Crippen LogP contribution in [0, 0.1) is 0 Å². The molecule has 3 heteroatoms. The summed E-state index contributed by atoms with van der Waals surface area (Å²) >= 11 is 0. The van der Waals surface area contributed by atoms with Crippen molar-refractivity contribution >= 4 is 33.5 Å². The van der Waals surface area contributed by atoms with Crippen molar-refractivity contribution in [3.8, 4) is 0 Å². The SMILES string of the molecule is CC(C)c1cc(C(C)C)c2oc3ccccc3c2c1N1CCN=C1c1ccccc1. The molecule has 1 aromatic heterocycles. The van der Waals surface area contributed by atoms with Crippen LogP contribution in [-0.2, 0) is 0 Å². The van der Waals surface area contributed by atoms with E-state index in [9.17, 15) is 0 Å². The van der Waals surface area contributed by atoms with Gasteiger partial charge in [-0.25, -0.2) is 0 Å². The zero-order valence-electron chi connectivity index (χ0n) is 18.1. The van der Waals surface area contributed by atoms with Crippen molar-refractivity contribution in [1.29, 1.82) is 0 Å². The fourth-order valence-corrected chi connectivity index (χ4v) is 4.59. The highest BCUT2D eigenvalue weighted by atomic mass is 16.3. The van der Waals surface area contributed by atoms with Crippen LogP contribution in [-0.4, -0.2) is 18.9 Å². The first-order valence-corrected chi connectivity index (χ1v) is 10.9. The van der Waals surface area contributed by atoms with Crippen LogP contribution in [0.15, 0.2) is 70.1 Å². The quantitative estimate of drug-likeness (QED) is 0.368. The molecule has 0 radical (unpaired) electrons. The van der Waals surface area contributed by atoms with Gasteiger partial charge in [-0.05, 0) is 35.1 Å². The molecule has 1 aliphatic heterocycles. The van der Waals surface area contributed by atoms with Gasteiger partial charge >= 0.3 is 0 Å². The minimum absolute atomic E-state index is 0.389. The van der Waals surface area contributed by atoms with Crippen LogP contribution in [0.1, 0.15) is 56.2 Å². The highest BCUT2D eigenvalue weighted by Gasteiger charge is 2.29. The number of nitrogens with zero attached hydrogens (tertiary/aromatic N) is 2. The average Bonchev–Trinajstić information content (AvgIpc) is 3.38. The number of rotatable bonds is 4. The molecule has 0 saturated heterocycles. The summed E-state index contributed by atoms with van der Waals surface area (Å²) in [4.78, 5) is 7.32. The second-order valence-electron chi connectivity index (χ2n) is 8.74. The van der Waals surface area contributed by atoms with E-state index in [1.807, 2.05) is 0 Å². The first kappa shape index (κ1) is 18.9. The van der Waals surface area contributed by atoms with E-state index in [0.717, 1.165) is 30.1 Å². The van der Waals surface area contributed by atoms with Gasteiger partial charge < -0.3 is 9.32 Å². The number of hydrogen-bond donors (Lipinski definition) is 0. The second-order valence-corrected chi connectivity index (χ2v) is 8.74. The maximum absolute atomic E-state index is 6.45. The van der Waals surface area contributed by atoms with Gasteiger partial charge in [0, 0.05) is 17.5 Å². The Balaban J connectivity index is 1.86. The van der Waals surface area contributed by atoms with Gasteiger partial charge in [0.15, 0.2) is 0 Å². The fraction of sp³-hybridized carbons (Fsp3) is 0.296. The molecule has 3 aromatic carbocycles. The molecule has 30 heavy (non-hydrogen) atoms. The summed E-state index contributed by atoms with van der Waals surface area (Å²) < 4.78 is 6.45. The summed E-state index contributed by atoms with van der Waals surface area (Å²) in [6, 6.07) is 21.3. The Bertz CT molecular complexity index is 1250. The van der Waals surface area contributed by atoms with E-state index >= 15 is 0 Å². The lowest BCUT2D eigenvalue weighted by atomic mass is 9.90. The zero-order chi connectivity index (χ0) is 20.8. The van der Waals surface area contributed by atoms with Gasteiger partial charge in [0.1, 0.15) is 17.0 Å². The van der Waals surface area contributed by atoms with Crippen molar-refractivity contribution in [2.24, 2.45) is 4.99 Å². The van der Waals surface area contributed by atoms with E-state index in [4.69, 9.17) is 9.41 Å². The molecular formula is C27H28N2O. The minimum Gasteiger partial charge on any atom is -0.456 e. The Morgan fingerprint density at radius 3 is 2.30 bits per heavy atom. The van der Waals surface area contributed by atoms with Gasteiger partial charge in [-0.1, -0.05) is 76.2 Å². The Morgan fingerprint density at radius 2 is 1.57 bits per heavy atom. The predicted molar refractivity (Wildman–Crippen MR) is 127 cm³/mol. The number of benzene rings is 3. The molecule has 2 heterocycles. The van der Waals surface area contributed by atoms with Gasteiger partial charge in [0.2, 0.25) is 0 Å². The zero-order valence-corrected chi connectivity index (χ0v) is 18.1. The summed E-state index contributed by atoms with van der Waals surface area (Å²) in [6.45, 7) is 10.8. The summed E-state index contributed by atoms with van der Waals surface area (Å²) in [5.41, 5.74) is 7.04. The highest BCUT2D eigenvalue weighted by molar-refractivity contribution is 6.20. The Morgan fingerprint density at radius 1 is 0.867 bits per heavy atom. The lowest BCUT2D eigenvalue weighted by molar-refractivity contribution is 0.656. The summed E-state index contributed by atoms with van der Waals surface area (Å²) in [7, 11) is 0. The normalized spacial score (nSPS) is 14.5. The summed E-state index contributed by atoms with van der Waals surface area (Å²) in [6.07, 6.45) is 0. The lowest BCUT2D eigenvalue weighted by Crippen LogP contribution is -2.29. The van der Waals surface area contributed by atoms with Crippen LogP contribution in [0.5, 0.6) is 0 Å². The highest BCUT2D eigenvalue weighted by Crippen LogP contribution is 2.45. The van der Waals surface area contributed by atoms with Crippen LogP contribution >= 0.6 is 0 Å².